The maximum absolute atomic E-state index is 9.52. The number of aromatic amines is 1. The van der Waals surface area contributed by atoms with Gasteiger partial charge in [0.25, 0.3) is 0 Å². The standard InChI is InChI=1S/C20H16ClN5/c21-16-6-2-5-15(14(16)11-23)20(8-3-9-20)12-24-19-25-17-7-1-4-13(10-22)18(17)26-19/h1-2,4-7H,3,8-9,12H2,(H2,24,25,26). The lowest BCUT2D eigenvalue weighted by Crippen LogP contribution is -2.41. The molecule has 6 heteroatoms. The molecule has 0 spiro atoms. The second kappa shape index (κ2) is 6.37. The molecule has 128 valence electrons. The summed E-state index contributed by atoms with van der Waals surface area (Å²) in [5.74, 6) is 0.634. The molecule has 0 saturated heterocycles. The number of rotatable bonds is 4. The van der Waals surface area contributed by atoms with Gasteiger partial charge in [-0.2, -0.15) is 10.5 Å². The first-order valence-corrected chi connectivity index (χ1v) is 8.86. The van der Waals surface area contributed by atoms with Crippen LogP contribution >= 0.6 is 11.6 Å². The molecule has 0 amide bonds. The Morgan fingerprint density at radius 1 is 1.15 bits per heavy atom. The van der Waals surface area contributed by atoms with E-state index in [2.05, 4.69) is 27.4 Å². The van der Waals surface area contributed by atoms with Gasteiger partial charge in [0, 0.05) is 12.0 Å². The van der Waals surface area contributed by atoms with Crippen LogP contribution in [0.1, 0.15) is 36.0 Å². The van der Waals surface area contributed by atoms with E-state index in [0.29, 0.717) is 34.2 Å². The first-order valence-electron chi connectivity index (χ1n) is 8.49. The SMILES string of the molecule is N#Cc1c(Cl)cccc1C1(CNc2nc3c(C#N)cccc3[nH]2)CCC1. The van der Waals surface area contributed by atoms with Gasteiger partial charge in [0.15, 0.2) is 0 Å². The fourth-order valence-corrected chi connectivity index (χ4v) is 3.90. The number of halogens is 1. The number of nitrogens with zero attached hydrogens (tertiary/aromatic N) is 3. The Kier molecular flexibility index (Phi) is 4.03. The van der Waals surface area contributed by atoms with Crippen LogP contribution < -0.4 is 5.32 Å². The molecule has 4 rings (SSSR count). The van der Waals surface area contributed by atoms with Crippen molar-refractivity contribution in [3.8, 4) is 12.1 Å². The highest BCUT2D eigenvalue weighted by atomic mass is 35.5. The van der Waals surface area contributed by atoms with Gasteiger partial charge in [0.05, 0.1) is 21.7 Å². The van der Waals surface area contributed by atoms with Crippen LogP contribution in [-0.2, 0) is 5.41 Å². The van der Waals surface area contributed by atoms with Gasteiger partial charge in [-0.05, 0) is 36.6 Å². The molecule has 1 saturated carbocycles. The van der Waals surface area contributed by atoms with Crippen LogP contribution in [-0.4, -0.2) is 16.5 Å². The second-order valence-electron chi connectivity index (χ2n) is 6.66. The highest BCUT2D eigenvalue weighted by Crippen LogP contribution is 2.46. The van der Waals surface area contributed by atoms with Crippen LogP contribution in [0, 0.1) is 22.7 Å². The molecular formula is C20H16ClN5. The number of hydrogen-bond acceptors (Lipinski definition) is 4. The molecular weight excluding hydrogens is 346 g/mol. The van der Waals surface area contributed by atoms with Crippen molar-refractivity contribution >= 4 is 28.6 Å². The lowest BCUT2D eigenvalue weighted by molar-refractivity contribution is 0.259. The smallest absolute Gasteiger partial charge is 0.201 e. The quantitative estimate of drug-likeness (QED) is 0.716. The van der Waals surface area contributed by atoms with Gasteiger partial charge < -0.3 is 10.3 Å². The summed E-state index contributed by atoms with van der Waals surface area (Å²) in [6.45, 7) is 0.656. The molecule has 1 heterocycles. The van der Waals surface area contributed by atoms with Crippen LogP contribution in [0.15, 0.2) is 36.4 Å². The maximum Gasteiger partial charge on any atom is 0.201 e. The number of nitrogens with one attached hydrogen (secondary N) is 2. The number of H-pyrrole nitrogens is 1. The van der Waals surface area contributed by atoms with Gasteiger partial charge >= 0.3 is 0 Å². The van der Waals surface area contributed by atoms with E-state index in [9.17, 15) is 10.5 Å². The van der Waals surface area contributed by atoms with E-state index in [1.807, 2.05) is 24.3 Å². The molecule has 26 heavy (non-hydrogen) atoms. The topological polar surface area (TPSA) is 88.3 Å². The number of aromatic nitrogens is 2. The van der Waals surface area contributed by atoms with Crippen molar-refractivity contribution in [1.82, 2.24) is 9.97 Å². The highest BCUT2D eigenvalue weighted by molar-refractivity contribution is 6.31. The summed E-state index contributed by atoms with van der Waals surface area (Å²) in [4.78, 5) is 7.74. The van der Waals surface area contributed by atoms with Crippen molar-refractivity contribution in [3.63, 3.8) is 0 Å². The summed E-state index contributed by atoms with van der Waals surface area (Å²) in [6.07, 6.45) is 3.12. The maximum atomic E-state index is 9.52. The lowest BCUT2D eigenvalue weighted by atomic mass is 9.63. The molecule has 1 aromatic heterocycles. The van der Waals surface area contributed by atoms with Gasteiger partial charge in [-0.3, -0.25) is 0 Å². The normalized spacial score (nSPS) is 15.0. The average Bonchev–Trinajstić information content (AvgIpc) is 3.04. The Bertz CT molecular complexity index is 1070. The second-order valence-corrected chi connectivity index (χ2v) is 7.07. The van der Waals surface area contributed by atoms with E-state index in [4.69, 9.17) is 11.6 Å². The van der Waals surface area contributed by atoms with E-state index in [-0.39, 0.29) is 5.41 Å². The third-order valence-electron chi connectivity index (χ3n) is 5.23. The van der Waals surface area contributed by atoms with Gasteiger partial charge in [0.1, 0.15) is 17.7 Å². The monoisotopic (exact) mass is 361 g/mol. The molecule has 3 aromatic rings. The van der Waals surface area contributed by atoms with Gasteiger partial charge in [-0.15, -0.1) is 0 Å². The van der Waals surface area contributed by atoms with Crippen LogP contribution in [0.4, 0.5) is 5.95 Å². The van der Waals surface area contributed by atoms with Crippen molar-refractivity contribution in [1.29, 1.82) is 10.5 Å². The zero-order valence-electron chi connectivity index (χ0n) is 14.0. The Labute approximate surface area is 156 Å². The van der Waals surface area contributed by atoms with Crippen LogP contribution in [0.25, 0.3) is 11.0 Å². The van der Waals surface area contributed by atoms with E-state index < -0.39 is 0 Å². The largest absolute Gasteiger partial charge is 0.355 e. The summed E-state index contributed by atoms with van der Waals surface area (Å²) in [6, 6.07) is 15.6. The Morgan fingerprint density at radius 3 is 2.65 bits per heavy atom. The molecule has 0 aliphatic heterocycles. The molecule has 0 atom stereocenters. The molecule has 0 radical (unpaired) electrons. The summed E-state index contributed by atoms with van der Waals surface area (Å²) < 4.78 is 0. The minimum absolute atomic E-state index is 0.118. The number of benzene rings is 2. The minimum Gasteiger partial charge on any atom is -0.355 e. The van der Waals surface area contributed by atoms with Crippen molar-refractivity contribution in [2.45, 2.75) is 24.7 Å². The number of fused-ring (bicyclic) bond motifs is 1. The number of nitriles is 2. The number of para-hydroxylation sites is 1. The Hall–Kier alpha value is -3.02. The van der Waals surface area contributed by atoms with Crippen molar-refractivity contribution in [2.75, 3.05) is 11.9 Å². The van der Waals surface area contributed by atoms with Crippen molar-refractivity contribution in [3.05, 3.63) is 58.1 Å². The molecule has 0 unspecified atom stereocenters. The lowest BCUT2D eigenvalue weighted by Gasteiger charge is -2.43. The third kappa shape index (κ3) is 2.58. The Morgan fingerprint density at radius 2 is 1.96 bits per heavy atom. The fraction of sp³-hybridized carbons (Fsp3) is 0.250. The van der Waals surface area contributed by atoms with Crippen LogP contribution in [0.3, 0.4) is 0 Å². The van der Waals surface area contributed by atoms with Crippen molar-refractivity contribution in [2.24, 2.45) is 0 Å². The summed E-state index contributed by atoms with van der Waals surface area (Å²) in [7, 11) is 0. The molecule has 5 nitrogen and oxygen atoms in total. The highest BCUT2D eigenvalue weighted by Gasteiger charge is 2.40. The number of anilines is 1. The molecule has 0 bridgehead atoms. The van der Waals surface area contributed by atoms with Gasteiger partial charge in [-0.1, -0.05) is 36.2 Å². The van der Waals surface area contributed by atoms with Gasteiger partial charge in [-0.25, -0.2) is 4.98 Å². The zero-order chi connectivity index (χ0) is 18.1. The first-order chi connectivity index (χ1) is 12.7. The van der Waals surface area contributed by atoms with E-state index in [1.54, 1.807) is 12.1 Å². The summed E-state index contributed by atoms with van der Waals surface area (Å²) >= 11 is 6.23. The minimum atomic E-state index is -0.118. The zero-order valence-corrected chi connectivity index (χ0v) is 14.8. The Balaban J connectivity index is 1.64. The number of imidazole rings is 1. The summed E-state index contributed by atoms with van der Waals surface area (Å²) in [5.41, 5.74) is 3.49. The molecule has 1 aliphatic rings. The molecule has 2 N–H and O–H groups in total. The average molecular weight is 362 g/mol. The van der Waals surface area contributed by atoms with Crippen LogP contribution in [0.2, 0.25) is 5.02 Å². The number of hydrogen-bond donors (Lipinski definition) is 2. The predicted molar refractivity (Wildman–Crippen MR) is 101 cm³/mol. The molecule has 1 aliphatic carbocycles. The van der Waals surface area contributed by atoms with E-state index in [1.165, 1.54) is 0 Å². The predicted octanol–water partition coefficient (Wildman–Crippen LogP) is 4.49. The van der Waals surface area contributed by atoms with Gasteiger partial charge in [0.2, 0.25) is 5.95 Å². The summed E-state index contributed by atoms with van der Waals surface area (Å²) in [5, 5.41) is 22.6. The van der Waals surface area contributed by atoms with Crippen LogP contribution in [0.5, 0.6) is 0 Å². The molecule has 2 aromatic carbocycles. The molecule has 1 fully saturated rings. The van der Waals surface area contributed by atoms with Crippen molar-refractivity contribution < 1.29 is 0 Å². The van der Waals surface area contributed by atoms with E-state index in [0.717, 1.165) is 30.3 Å². The van der Waals surface area contributed by atoms with E-state index >= 15 is 0 Å². The third-order valence-corrected chi connectivity index (χ3v) is 5.55. The first kappa shape index (κ1) is 16.4. The fourth-order valence-electron chi connectivity index (χ4n) is 3.68.